The summed E-state index contributed by atoms with van der Waals surface area (Å²) in [4.78, 5) is 15.4. The summed E-state index contributed by atoms with van der Waals surface area (Å²) in [5.41, 5.74) is 2.51. The number of amides is 1. The number of nitrogens with zero attached hydrogens (tertiary/aromatic N) is 1. The van der Waals surface area contributed by atoms with E-state index in [9.17, 15) is 4.79 Å². The van der Waals surface area contributed by atoms with Crippen molar-refractivity contribution in [3.8, 4) is 0 Å². The van der Waals surface area contributed by atoms with E-state index in [4.69, 9.17) is 0 Å². The molecule has 2 fully saturated rings. The van der Waals surface area contributed by atoms with Gasteiger partial charge in [-0.15, -0.1) is 0 Å². The largest absolute Gasteiger partial charge is 0.353 e. The fourth-order valence-electron chi connectivity index (χ4n) is 4.58. The van der Waals surface area contributed by atoms with Gasteiger partial charge in [0, 0.05) is 18.1 Å². The Morgan fingerprint density at radius 1 is 1.17 bits per heavy atom. The molecule has 2 bridgehead atoms. The van der Waals surface area contributed by atoms with E-state index in [0.29, 0.717) is 24.0 Å². The molecule has 0 saturated carbocycles. The molecule has 2 aliphatic rings. The molecule has 0 radical (unpaired) electrons. The number of piperidine rings is 1. The monoisotopic (exact) mass is 328 g/mol. The Morgan fingerprint density at radius 3 is 2.42 bits per heavy atom. The maximum atomic E-state index is 12.8. The minimum Gasteiger partial charge on any atom is -0.353 e. The summed E-state index contributed by atoms with van der Waals surface area (Å²) in [6.45, 7) is 6.52. The minimum atomic E-state index is -0.0720. The van der Waals surface area contributed by atoms with Gasteiger partial charge in [0.1, 0.15) is 0 Å². The zero-order chi connectivity index (χ0) is 17.3. The molecular weight excluding hydrogens is 296 g/mol. The first-order valence-electron chi connectivity index (χ1n) is 9.55. The average Bonchev–Trinajstić information content (AvgIpc) is 2.75. The van der Waals surface area contributed by atoms with Crippen molar-refractivity contribution in [3.63, 3.8) is 0 Å². The van der Waals surface area contributed by atoms with Gasteiger partial charge >= 0.3 is 0 Å². The van der Waals surface area contributed by atoms with Crippen LogP contribution in [0.15, 0.2) is 24.3 Å². The molecule has 0 aromatic heterocycles. The molecule has 1 N–H and O–H groups in total. The highest BCUT2D eigenvalue weighted by atomic mass is 16.1. The molecule has 3 heteroatoms. The second-order valence-corrected chi connectivity index (χ2v) is 8.25. The fourth-order valence-corrected chi connectivity index (χ4v) is 4.58. The third kappa shape index (κ3) is 3.66. The van der Waals surface area contributed by atoms with E-state index in [1.165, 1.54) is 24.0 Å². The standard InChI is InChI=1S/C21H32N2O/c1-14(2)11-16-7-5-6-8-20(16)15(3)21(24)22-17-12-18-9-10-19(13-17)23(18)4/h5-8,14-15,17-19H,9-13H2,1-4H3,(H,22,24)/t15?,17?,18-,19?/m1/s1. The summed E-state index contributed by atoms with van der Waals surface area (Å²) in [5.74, 6) is 0.725. The summed E-state index contributed by atoms with van der Waals surface area (Å²) in [6, 6.07) is 10.1. The molecule has 4 atom stereocenters. The van der Waals surface area contributed by atoms with Crippen LogP contribution < -0.4 is 5.32 Å². The Labute approximate surface area is 146 Å². The first-order valence-corrected chi connectivity index (χ1v) is 9.55. The van der Waals surface area contributed by atoms with Gasteiger partial charge < -0.3 is 10.2 Å². The smallest absolute Gasteiger partial charge is 0.227 e. The number of hydrogen-bond donors (Lipinski definition) is 1. The molecule has 3 unspecified atom stereocenters. The molecule has 1 aromatic carbocycles. The normalized spacial score (nSPS) is 28.1. The molecule has 3 rings (SSSR count). The Morgan fingerprint density at radius 2 is 1.79 bits per heavy atom. The van der Waals surface area contributed by atoms with E-state index in [-0.39, 0.29) is 11.8 Å². The maximum Gasteiger partial charge on any atom is 0.227 e. The van der Waals surface area contributed by atoms with Gasteiger partial charge in [-0.05, 0) is 63.1 Å². The summed E-state index contributed by atoms with van der Waals surface area (Å²) < 4.78 is 0. The van der Waals surface area contributed by atoms with Crippen molar-refractivity contribution < 1.29 is 4.79 Å². The molecule has 2 saturated heterocycles. The zero-order valence-electron chi connectivity index (χ0n) is 15.6. The van der Waals surface area contributed by atoms with Gasteiger partial charge in [0.15, 0.2) is 0 Å². The molecule has 0 aliphatic carbocycles. The van der Waals surface area contributed by atoms with Crippen molar-refractivity contribution in [2.75, 3.05) is 7.05 Å². The van der Waals surface area contributed by atoms with Crippen LogP contribution in [0.4, 0.5) is 0 Å². The van der Waals surface area contributed by atoms with E-state index in [1.807, 2.05) is 0 Å². The van der Waals surface area contributed by atoms with E-state index >= 15 is 0 Å². The number of rotatable bonds is 5. The summed E-state index contributed by atoms with van der Waals surface area (Å²) >= 11 is 0. The first-order chi connectivity index (χ1) is 11.5. The second-order valence-electron chi connectivity index (χ2n) is 8.25. The van der Waals surface area contributed by atoms with Crippen LogP contribution in [0.5, 0.6) is 0 Å². The molecule has 2 aliphatic heterocycles. The quantitative estimate of drug-likeness (QED) is 0.893. The van der Waals surface area contributed by atoms with E-state index < -0.39 is 0 Å². The van der Waals surface area contributed by atoms with Crippen molar-refractivity contribution in [3.05, 3.63) is 35.4 Å². The number of benzene rings is 1. The van der Waals surface area contributed by atoms with Crippen LogP contribution in [0, 0.1) is 5.92 Å². The molecule has 1 aromatic rings. The minimum absolute atomic E-state index is 0.0720. The number of hydrogen-bond acceptors (Lipinski definition) is 2. The van der Waals surface area contributed by atoms with Crippen molar-refractivity contribution in [2.24, 2.45) is 5.92 Å². The lowest BCUT2D eigenvalue weighted by atomic mass is 9.89. The SMILES string of the molecule is CC(C)Cc1ccccc1C(C)C(=O)NC1CC2CC[C@H](C1)N2C. The molecule has 132 valence electrons. The van der Waals surface area contributed by atoms with Gasteiger partial charge in [-0.25, -0.2) is 0 Å². The van der Waals surface area contributed by atoms with Gasteiger partial charge in [0.05, 0.1) is 5.92 Å². The van der Waals surface area contributed by atoms with Crippen LogP contribution in [0.1, 0.15) is 63.5 Å². The van der Waals surface area contributed by atoms with Crippen LogP contribution in [-0.4, -0.2) is 36.0 Å². The molecule has 3 nitrogen and oxygen atoms in total. The third-order valence-electron chi connectivity index (χ3n) is 5.99. The van der Waals surface area contributed by atoms with Gasteiger partial charge in [-0.2, -0.15) is 0 Å². The average molecular weight is 329 g/mol. The topological polar surface area (TPSA) is 32.3 Å². The van der Waals surface area contributed by atoms with Crippen molar-refractivity contribution in [1.29, 1.82) is 0 Å². The Kier molecular flexibility index (Phi) is 5.29. The van der Waals surface area contributed by atoms with Crippen LogP contribution >= 0.6 is 0 Å². The van der Waals surface area contributed by atoms with Crippen LogP contribution in [0.25, 0.3) is 0 Å². The highest BCUT2D eigenvalue weighted by molar-refractivity contribution is 5.83. The van der Waals surface area contributed by atoms with Crippen molar-refractivity contribution >= 4 is 5.91 Å². The second kappa shape index (κ2) is 7.26. The lowest BCUT2D eigenvalue weighted by Gasteiger charge is -2.37. The summed E-state index contributed by atoms with van der Waals surface area (Å²) in [7, 11) is 2.24. The molecular formula is C21H32N2O. The van der Waals surface area contributed by atoms with E-state index in [1.54, 1.807) is 0 Å². The highest BCUT2D eigenvalue weighted by Gasteiger charge is 2.39. The molecule has 2 heterocycles. The lowest BCUT2D eigenvalue weighted by Crippen LogP contribution is -2.49. The number of carbonyl (C=O) groups excluding carboxylic acids is 1. The third-order valence-corrected chi connectivity index (χ3v) is 5.99. The predicted octanol–water partition coefficient (Wildman–Crippen LogP) is 3.73. The van der Waals surface area contributed by atoms with E-state index in [2.05, 4.69) is 62.3 Å². The van der Waals surface area contributed by atoms with Crippen LogP contribution in [-0.2, 0) is 11.2 Å². The lowest BCUT2D eigenvalue weighted by molar-refractivity contribution is -0.123. The highest BCUT2D eigenvalue weighted by Crippen LogP contribution is 2.34. The molecule has 24 heavy (non-hydrogen) atoms. The maximum absolute atomic E-state index is 12.8. The van der Waals surface area contributed by atoms with E-state index in [0.717, 1.165) is 19.3 Å². The number of nitrogens with one attached hydrogen (secondary N) is 1. The number of carbonyl (C=O) groups is 1. The molecule has 0 spiro atoms. The van der Waals surface area contributed by atoms with Crippen molar-refractivity contribution in [2.45, 2.75) is 76.9 Å². The summed E-state index contributed by atoms with van der Waals surface area (Å²) in [6.07, 6.45) is 5.84. The fraction of sp³-hybridized carbons (Fsp3) is 0.667. The van der Waals surface area contributed by atoms with Crippen LogP contribution in [0.2, 0.25) is 0 Å². The summed E-state index contributed by atoms with van der Waals surface area (Å²) in [5, 5.41) is 3.35. The Balaban J connectivity index is 1.65. The molecule has 1 amide bonds. The van der Waals surface area contributed by atoms with Crippen LogP contribution in [0.3, 0.4) is 0 Å². The van der Waals surface area contributed by atoms with Crippen molar-refractivity contribution in [1.82, 2.24) is 10.2 Å². The zero-order valence-corrected chi connectivity index (χ0v) is 15.6. The predicted molar refractivity (Wildman–Crippen MR) is 99.1 cm³/mol. The first kappa shape index (κ1) is 17.5. The van der Waals surface area contributed by atoms with Gasteiger partial charge in [0.25, 0.3) is 0 Å². The number of fused-ring (bicyclic) bond motifs is 2. The van der Waals surface area contributed by atoms with Gasteiger partial charge in [0.2, 0.25) is 5.91 Å². The Hall–Kier alpha value is -1.35. The van der Waals surface area contributed by atoms with Gasteiger partial charge in [-0.3, -0.25) is 4.79 Å². The Bertz CT molecular complexity index is 569. The van der Waals surface area contributed by atoms with Gasteiger partial charge in [-0.1, -0.05) is 38.1 Å².